The number of nitroso groups, excluding NO2 is 1. The van der Waals surface area contributed by atoms with E-state index in [-0.39, 0.29) is 5.69 Å². The van der Waals surface area contributed by atoms with Crippen LogP contribution in [0.3, 0.4) is 0 Å². The number of benzene rings is 1. The quantitative estimate of drug-likeness (QED) is 0.374. The number of fused-ring (bicyclic) bond motifs is 1. The number of halogens is 1. The fourth-order valence-corrected chi connectivity index (χ4v) is 2.54. The second-order valence-electron chi connectivity index (χ2n) is 6.24. The molecule has 1 aromatic carbocycles. The van der Waals surface area contributed by atoms with Crippen LogP contribution in [0, 0.1) is 21.7 Å². The number of nitrogens with zero attached hydrogens (tertiary/aromatic N) is 3. The lowest BCUT2D eigenvalue weighted by atomic mass is 9.86. The fraction of sp³-hybridized carbons (Fsp3) is 0.273. The van der Waals surface area contributed by atoms with Crippen molar-refractivity contribution in [3.05, 3.63) is 69.9 Å². The van der Waals surface area contributed by atoms with E-state index in [1.807, 2.05) is 65.0 Å². The van der Waals surface area contributed by atoms with E-state index in [4.69, 9.17) is 0 Å². The molecule has 5 nitrogen and oxygen atoms in total. The zero-order valence-corrected chi connectivity index (χ0v) is 18.5. The van der Waals surface area contributed by atoms with E-state index in [0.29, 0.717) is 11.3 Å². The van der Waals surface area contributed by atoms with Crippen LogP contribution in [-0.2, 0) is 0 Å². The molecule has 0 bridgehead atoms. The lowest BCUT2D eigenvalue weighted by molar-refractivity contribution is 0.615. The van der Waals surface area contributed by atoms with Gasteiger partial charge in [-0.05, 0) is 55.8 Å². The average molecular weight is 441 g/mol. The first-order chi connectivity index (χ1) is 13.3. The first-order valence-electron chi connectivity index (χ1n) is 8.96. The Hall–Kier alpha value is -2.78. The zero-order chi connectivity index (χ0) is 21.3. The maximum atomic E-state index is 11.2. The third kappa shape index (κ3) is 5.61. The minimum absolute atomic E-state index is 0.222. The van der Waals surface area contributed by atoms with Gasteiger partial charge in [-0.1, -0.05) is 48.5 Å². The highest BCUT2D eigenvalue weighted by Crippen LogP contribution is 2.34. The Morgan fingerprint density at radius 2 is 2.04 bits per heavy atom. The molecule has 0 spiro atoms. The van der Waals surface area contributed by atoms with Crippen molar-refractivity contribution in [3.8, 4) is 6.07 Å². The maximum Gasteiger partial charge on any atom is 0.150 e. The molecule has 2 rings (SSSR count). The summed E-state index contributed by atoms with van der Waals surface area (Å²) in [5.74, 6) is 0. The van der Waals surface area contributed by atoms with Crippen LogP contribution in [0.15, 0.2) is 70.1 Å². The number of aromatic nitrogens is 1. The number of pyridine rings is 1. The maximum absolute atomic E-state index is 11.2. The molecule has 0 unspecified atom stereocenters. The first kappa shape index (κ1) is 23.3. The molecule has 0 aliphatic carbocycles. The number of hydrogen-bond donors (Lipinski definition) is 1. The highest BCUT2D eigenvalue weighted by molar-refractivity contribution is 9.10. The smallest absolute Gasteiger partial charge is 0.150 e. The third-order valence-corrected chi connectivity index (χ3v) is 4.53. The van der Waals surface area contributed by atoms with E-state index >= 15 is 0 Å². The van der Waals surface area contributed by atoms with E-state index in [1.54, 1.807) is 6.08 Å². The molecule has 1 N–H and O–H groups in total. The molecular formula is C22H25BrN4O. The van der Waals surface area contributed by atoms with Crippen molar-refractivity contribution in [1.29, 1.82) is 5.26 Å². The summed E-state index contributed by atoms with van der Waals surface area (Å²) in [4.78, 5) is 15.5. The van der Waals surface area contributed by atoms with Gasteiger partial charge in [0.2, 0.25) is 0 Å². The van der Waals surface area contributed by atoms with Gasteiger partial charge in [0, 0.05) is 15.6 Å². The summed E-state index contributed by atoms with van der Waals surface area (Å²) >= 11 is 3.44. The van der Waals surface area contributed by atoms with Crippen molar-refractivity contribution in [2.45, 2.75) is 34.6 Å². The Bertz CT molecular complexity index is 968. The van der Waals surface area contributed by atoms with Crippen molar-refractivity contribution in [2.75, 3.05) is 5.32 Å². The molecule has 0 atom stereocenters. The molecule has 0 saturated heterocycles. The second-order valence-corrected chi connectivity index (χ2v) is 7.15. The van der Waals surface area contributed by atoms with Gasteiger partial charge in [0.05, 0.1) is 28.9 Å². The number of nitriles is 1. The van der Waals surface area contributed by atoms with Crippen LogP contribution >= 0.6 is 15.9 Å². The molecular weight excluding hydrogens is 416 g/mol. The van der Waals surface area contributed by atoms with Gasteiger partial charge in [-0.3, -0.25) is 4.98 Å². The number of rotatable bonds is 6. The molecule has 0 fully saturated rings. The zero-order valence-electron chi connectivity index (χ0n) is 16.9. The predicted octanol–water partition coefficient (Wildman–Crippen LogP) is 7.40. The molecule has 0 aliphatic rings. The average Bonchev–Trinajstić information content (AvgIpc) is 2.72. The van der Waals surface area contributed by atoms with Crippen molar-refractivity contribution in [1.82, 2.24) is 4.98 Å². The van der Waals surface area contributed by atoms with Crippen molar-refractivity contribution < 1.29 is 0 Å². The lowest BCUT2D eigenvalue weighted by Crippen LogP contribution is -2.09. The Morgan fingerprint density at radius 3 is 2.61 bits per heavy atom. The van der Waals surface area contributed by atoms with Crippen molar-refractivity contribution >= 4 is 38.2 Å². The number of allylic oxidation sites excluding steroid dienone is 4. The molecule has 1 aromatic heterocycles. The topological polar surface area (TPSA) is 78.1 Å². The lowest BCUT2D eigenvalue weighted by Gasteiger charge is -2.16. The summed E-state index contributed by atoms with van der Waals surface area (Å²) in [6.07, 6.45) is 6.92. The van der Waals surface area contributed by atoms with E-state index < -0.39 is 5.41 Å². The van der Waals surface area contributed by atoms with Crippen molar-refractivity contribution in [3.63, 3.8) is 0 Å². The fourth-order valence-electron chi connectivity index (χ4n) is 2.18. The summed E-state index contributed by atoms with van der Waals surface area (Å²) in [6.45, 7) is 13.5. The van der Waals surface area contributed by atoms with Gasteiger partial charge in [0.25, 0.3) is 0 Å². The SMILES string of the molecule is C=C(/C=C\C(=C/C)Nc1c(N=O)cnc2ccc(Br)cc12)C(C)(C)C#N.CC. The summed E-state index contributed by atoms with van der Waals surface area (Å²) in [6, 6.07) is 7.85. The third-order valence-electron chi connectivity index (χ3n) is 4.04. The van der Waals surface area contributed by atoms with Crippen LogP contribution in [0.4, 0.5) is 11.4 Å². The Labute approximate surface area is 175 Å². The summed E-state index contributed by atoms with van der Waals surface area (Å²) in [5, 5.41) is 16.3. The highest BCUT2D eigenvalue weighted by atomic mass is 79.9. The molecule has 1 heterocycles. The Kier molecular flexibility index (Phi) is 8.75. The van der Waals surface area contributed by atoms with Gasteiger partial charge < -0.3 is 5.32 Å². The molecule has 146 valence electrons. The van der Waals surface area contributed by atoms with Gasteiger partial charge in [0.1, 0.15) is 5.69 Å². The normalized spacial score (nSPS) is 11.5. The van der Waals surface area contributed by atoms with E-state index in [1.165, 1.54) is 6.20 Å². The minimum Gasteiger partial charge on any atom is -0.353 e. The largest absolute Gasteiger partial charge is 0.353 e. The van der Waals surface area contributed by atoms with Gasteiger partial charge in [-0.2, -0.15) is 5.26 Å². The van der Waals surface area contributed by atoms with Crippen LogP contribution < -0.4 is 5.32 Å². The predicted molar refractivity (Wildman–Crippen MR) is 121 cm³/mol. The van der Waals surface area contributed by atoms with Crippen LogP contribution in [0.2, 0.25) is 0 Å². The highest BCUT2D eigenvalue weighted by Gasteiger charge is 2.18. The standard InChI is InChI=1S/C20H19BrN4O.C2H6/c1-5-15(8-6-13(2)20(3,4)12-22)24-19-16-10-14(21)7-9-17(16)23-11-18(19)25-26;1-2/h5-11H,2H2,1,3-4H3,(H,23,24);1-2H3/b8-6-,15-5+;. The molecule has 0 aliphatic heterocycles. The molecule has 2 aromatic rings. The van der Waals surface area contributed by atoms with Crippen LogP contribution in [0.25, 0.3) is 10.9 Å². The number of hydrogen-bond acceptors (Lipinski definition) is 5. The molecule has 0 amide bonds. The molecule has 6 heteroatoms. The van der Waals surface area contributed by atoms with Gasteiger partial charge in [-0.15, -0.1) is 4.91 Å². The van der Waals surface area contributed by atoms with Crippen LogP contribution in [-0.4, -0.2) is 4.98 Å². The van der Waals surface area contributed by atoms with Gasteiger partial charge in [0.15, 0.2) is 0 Å². The minimum atomic E-state index is -0.654. The molecule has 28 heavy (non-hydrogen) atoms. The Balaban J connectivity index is 0.00000190. The molecule has 0 radical (unpaired) electrons. The van der Waals surface area contributed by atoms with Crippen molar-refractivity contribution in [2.24, 2.45) is 10.6 Å². The first-order valence-corrected chi connectivity index (χ1v) is 9.75. The van der Waals surface area contributed by atoms with E-state index in [9.17, 15) is 10.2 Å². The monoisotopic (exact) mass is 440 g/mol. The number of nitrogens with one attached hydrogen (secondary N) is 1. The summed E-state index contributed by atoms with van der Waals surface area (Å²) in [7, 11) is 0. The van der Waals surface area contributed by atoms with Gasteiger partial charge in [-0.25, -0.2) is 0 Å². The van der Waals surface area contributed by atoms with E-state index in [0.717, 1.165) is 21.1 Å². The van der Waals surface area contributed by atoms with Crippen LogP contribution in [0.5, 0.6) is 0 Å². The Morgan fingerprint density at radius 1 is 1.36 bits per heavy atom. The molecule has 0 saturated carbocycles. The second kappa shape index (κ2) is 10.5. The van der Waals surface area contributed by atoms with Gasteiger partial charge >= 0.3 is 0 Å². The summed E-state index contributed by atoms with van der Waals surface area (Å²) in [5.41, 5.74) is 2.33. The van der Waals surface area contributed by atoms with E-state index in [2.05, 4.69) is 44.1 Å². The summed E-state index contributed by atoms with van der Waals surface area (Å²) < 4.78 is 0.875. The van der Waals surface area contributed by atoms with Crippen LogP contribution in [0.1, 0.15) is 34.6 Å². The number of anilines is 1.